The molecule has 13 heavy (non-hydrogen) atoms. The van der Waals surface area contributed by atoms with E-state index in [2.05, 4.69) is 0 Å². The highest BCUT2D eigenvalue weighted by Gasteiger charge is 2.65. The first-order valence-electron chi connectivity index (χ1n) is 4.00. The molecule has 2 unspecified atom stereocenters. The summed E-state index contributed by atoms with van der Waals surface area (Å²) >= 11 is 0. The van der Waals surface area contributed by atoms with Crippen molar-refractivity contribution in [3.05, 3.63) is 0 Å². The van der Waals surface area contributed by atoms with E-state index in [1.54, 1.807) is 0 Å². The van der Waals surface area contributed by atoms with E-state index in [0.717, 1.165) is 0 Å². The summed E-state index contributed by atoms with van der Waals surface area (Å²) < 4.78 is 14.9. The summed E-state index contributed by atoms with van der Waals surface area (Å²) in [5.74, 6) is -1.40. The molecule has 76 valence electrons. The molecule has 5 atom stereocenters. The summed E-state index contributed by atoms with van der Waals surface area (Å²) in [5.41, 5.74) is 0. The predicted octanol–water partition coefficient (Wildman–Crippen LogP) is -2.20. The maximum atomic E-state index is 9.44. The van der Waals surface area contributed by atoms with Crippen molar-refractivity contribution in [1.29, 1.82) is 0 Å². The number of fused-ring (bicyclic) bond motifs is 2. The van der Waals surface area contributed by atoms with Crippen LogP contribution in [-0.4, -0.2) is 59.4 Å². The first kappa shape index (κ1) is 9.32. The summed E-state index contributed by atoms with van der Waals surface area (Å²) in [6.45, 7) is -0.461. The lowest BCUT2D eigenvalue weighted by atomic mass is 9.89. The summed E-state index contributed by atoms with van der Waals surface area (Å²) in [7, 11) is 1.37. The lowest BCUT2D eigenvalue weighted by molar-refractivity contribution is -0.498. The number of hydrogen-bond donors (Lipinski definition) is 3. The summed E-state index contributed by atoms with van der Waals surface area (Å²) in [6.07, 6.45) is -3.60. The minimum atomic E-state index is -1.40. The van der Waals surface area contributed by atoms with Gasteiger partial charge in [-0.15, -0.1) is 0 Å². The van der Waals surface area contributed by atoms with Crippen LogP contribution in [0.25, 0.3) is 0 Å². The molecule has 6 heteroatoms. The Hall–Kier alpha value is -0.240. The highest BCUT2D eigenvalue weighted by atomic mass is 16.8. The molecule has 3 fully saturated rings. The van der Waals surface area contributed by atoms with Gasteiger partial charge >= 0.3 is 0 Å². The van der Waals surface area contributed by atoms with Crippen LogP contribution in [0.15, 0.2) is 0 Å². The van der Waals surface area contributed by atoms with Gasteiger partial charge < -0.3 is 29.5 Å². The van der Waals surface area contributed by atoms with Gasteiger partial charge in [0.15, 0.2) is 6.29 Å². The van der Waals surface area contributed by atoms with E-state index in [4.69, 9.17) is 19.3 Å². The molecule has 0 saturated carbocycles. The van der Waals surface area contributed by atoms with Gasteiger partial charge in [-0.1, -0.05) is 0 Å². The van der Waals surface area contributed by atoms with Gasteiger partial charge in [0.25, 0.3) is 0 Å². The van der Waals surface area contributed by atoms with Gasteiger partial charge in [0, 0.05) is 7.11 Å². The summed E-state index contributed by atoms with van der Waals surface area (Å²) in [5, 5.41) is 27.8. The molecule has 3 N–H and O–H groups in total. The van der Waals surface area contributed by atoms with Crippen LogP contribution < -0.4 is 0 Å². The quantitative estimate of drug-likeness (QED) is 0.460. The Morgan fingerprint density at radius 3 is 2.54 bits per heavy atom. The van der Waals surface area contributed by atoms with Gasteiger partial charge in [-0.25, -0.2) is 0 Å². The number of aliphatic hydroxyl groups is 3. The second-order valence-electron chi connectivity index (χ2n) is 3.21. The average Bonchev–Trinajstić information content (AvgIpc) is 2.17. The number of aliphatic hydroxyl groups excluding tert-OH is 3. The zero-order valence-electron chi connectivity index (χ0n) is 7.08. The Balaban J connectivity index is 2.13. The lowest BCUT2D eigenvalue weighted by Crippen LogP contribution is -2.78. The van der Waals surface area contributed by atoms with Crippen LogP contribution in [0.3, 0.4) is 0 Å². The molecule has 3 heterocycles. The van der Waals surface area contributed by atoms with Crippen molar-refractivity contribution in [2.45, 2.75) is 30.4 Å². The maximum Gasteiger partial charge on any atom is 0.224 e. The molecule has 3 rings (SSSR count). The monoisotopic (exact) mass is 192 g/mol. The molecule has 0 aromatic heterocycles. The lowest BCUT2D eigenvalue weighted by Gasteiger charge is -2.58. The Kier molecular flexibility index (Phi) is 2.06. The molecule has 3 aliphatic rings. The predicted molar refractivity (Wildman–Crippen MR) is 38.6 cm³/mol. The minimum Gasteiger partial charge on any atom is -0.391 e. The van der Waals surface area contributed by atoms with Crippen LogP contribution >= 0.6 is 0 Å². The van der Waals surface area contributed by atoms with Crippen LogP contribution in [0.1, 0.15) is 0 Å². The van der Waals surface area contributed by atoms with Crippen molar-refractivity contribution in [3.8, 4) is 0 Å². The number of rotatable bonds is 2. The number of methoxy groups -OCH3 is 1. The third kappa shape index (κ3) is 1.04. The molecule has 3 aliphatic heterocycles. The fourth-order valence-corrected chi connectivity index (χ4v) is 1.67. The SMILES string of the molecule is CO[C@H]1OC2(CO)O[C@@H](C1O)[C@@H]2O. The minimum absolute atomic E-state index is 0.461. The van der Waals surface area contributed by atoms with Gasteiger partial charge in [-0.3, -0.25) is 0 Å². The normalized spacial score (nSPS) is 54.5. The molecule has 3 saturated heterocycles. The van der Waals surface area contributed by atoms with E-state index in [0.29, 0.717) is 0 Å². The van der Waals surface area contributed by atoms with Crippen molar-refractivity contribution in [1.82, 2.24) is 0 Å². The molecule has 0 aromatic carbocycles. The van der Waals surface area contributed by atoms with E-state index >= 15 is 0 Å². The van der Waals surface area contributed by atoms with Crippen LogP contribution in [-0.2, 0) is 14.2 Å². The molecule has 6 nitrogen and oxygen atoms in total. The van der Waals surface area contributed by atoms with Crippen molar-refractivity contribution < 1.29 is 29.5 Å². The summed E-state index contributed by atoms with van der Waals surface area (Å²) in [6, 6.07) is 0. The van der Waals surface area contributed by atoms with Crippen molar-refractivity contribution in [3.63, 3.8) is 0 Å². The molecular formula is C7H12O6. The first-order valence-corrected chi connectivity index (χ1v) is 4.00. The largest absolute Gasteiger partial charge is 0.391 e. The molecule has 0 amide bonds. The Morgan fingerprint density at radius 1 is 1.38 bits per heavy atom. The zero-order chi connectivity index (χ0) is 9.64. The highest BCUT2D eigenvalue weighted by molar-refractivity contribution is 5.04. The second-order valence-corrected chi connectivity index (χ2v) is 3.21. The van der Waals surface area contributed by atoms with Gasteiger partial charge in [0.2, 0.25) is 5.79 Å². The van der Waals surface area contributed by atoms with E-state index < -0.39 is 37.0 Å². The van der Waals surface area contributed by atoms with Gasteiger partial charge in [0.1, 0.15) is 24.9 Å². The topological polar surface area (TPSA) is 88.4 Å². The Morgan fingerprint density at radius 2 is 2.08 bits per heavy atom. The maximum absolute atomic E-state index is 9.44. The van der Waals surface area contributed by atoms with Crippen molar-refractivity contribution in [2.75, 3.05) is 13.7 Å². The van der Waals surface area contributed by atoms with E-state index in [-0.39, 0.29) is 0 Å². The molecule has 0 radical (unpaired) electrons. The third-order valence-corrected chi connectivity index (χ3v) is 2.48. The Labute approximate surface area is 74.6 Å². The van der Waals surface area contributed by atoms with Gasteiger partial charge in [0.05, 0.1) is 0 Å². The van der Waals surface area contributed by atoms with Gasteiger partial charge in [-0.2, -0.15) is 0 Å². The van der Waals surface area contributed by atoms with Crippen LogP contribution in [0.4, 0.5) is 0 Å². The highest BCUT2D eigenvalue weighted by Crippen LogP contribution is 2.43. The van der Waals surface area contributed by atoms with Crippen LogP contribution in [0, 0.1) is 0 Å². The Bertz CT molecular complexity index is 202. The average molecular weight is 192 g/mol. The zero-order valence-corrected chi connectivity index (χ0v) is 7.08. The third-order valence-electron chi connectivity index (χ3n) is 2.48. The second kappa shape index (κ2) is 2.88. The van der Waals surface area contributed by atoms with E-state index in [9.17, 15) is 10.2 Å². The molecular weight excluding hydrogens is 180 g/mol. The smallest absolute Gasteiger partial charge is 0.224 e. The van der Waals surface area contributed by atoms with E-state index in [1.165, 1.54) is 7.11 Å². The van der Waals surface area contributed by atoms with Crippen LogP contribution in [0.5, 0.6) is 0 Å². The van der Waals surface area contributed by atoms with E-state index in [1.807, 2.05) is 0 Å². The molecule has 2 bridgehead atoms. The number of ether oxygens (including phenoxy) is 3. The van der Waals surface area contributed by atoms with Crippen molar-refractivity contribution >= 4 is 0 Å². The molecule has 0 spiro atoms. The standard InChI is InChI=1S/C7H12O6/c1-11-6-3(9)4-5(10)7(2-8,12-4)13-6/h3-6,8-10H,2H2,1H3/t3?,4-,5-,6-,7?/m0/s1. The number of hydrogen-bond acceptors (Lipinski definition) is 6. The fourth-order valence-electron chi connectivity index (χ4n) is 1.67. The molecule has 0 aliphatic carbocycles. The van der Waals surface area contributed by atoms with Gasteiger partial charge in [-0.05, 0) is 0 Å². The summed E-state index contributed by atoms with van der Waals surface area (Å²) in [4.78, 5) is 0. The fraction of sp³-hybridized carbons (Fsp3) is 1.00. The van der Waals surface area contributed by atoms with Crippen LogP contribution in [0.2, 0.25) is 0 Å². The first-order chi connectivity index (χ1) is 6.14. The van der Waals surface area contributed by atoms with Crippen molar-refractivity contribution in [2.24, 2.45) is 0 Å². The molecule has 0 aromatic rings.